The Morgan fingerprint density at radius 3 is 3.11 bits per heavy atom. The lowest BCUT2D eigenvalue weighted by Gasteiger charge is -2.17. The molecule has 1 aromatic carbocycles. The Kier molecular flexibility index (Phi) is 2.55. The van der Waals surface area contributed by atoms with E-state index in [0.29, 0.717) is 25.2 Å². The van der Waals surface area contributed by atoms with Crippen LogP contribution in [0.4, 0.5) is 11.6 Å². The second-order valence-electron chi connectivity index (χ2n) is 4.42. The summed E-state index contributed by atoms with van der Waals surface area (Å²) in [7, 11) is 0. The van der Waals surface area contributed by atoms with E-state index in [2.05, 4.69) is 20.2 Å². The summed E-state index contributed by atoms with van der Waals surface area (Å²) in [5, 5.41) is 2.84. The second-order valence-corrected chi connectivity index (χ2v) is 4.42. The summed E-state index contributed by atoms with van der Waals surface area (Å²) in [5.74, 6) is 0.893. The molecule has 0 spiro atoms. The van der Waals surface area contributed by atoms with Crippen molar-refractivity contribution in [2.45, 2.75) is 6.42 Å². The fraction of sp³-hybridized carbons (Fsp3) is 0.333. The van der Waals surface area contributed by atoms with Gasteiger partial charge < -0.3 is 20.9 Å². The first-order chi connectivity index (χ1) is 8.72. The summed E-state index contributed by atoms with van der Waals surface area (Å²) < 4.78 is 0. The number of amides is 1. The Balaban J connectivity index is 1.91. The Morgan fingerprint density at radius 2 is 2.22 bits per heavy atom. The first-order valence-corrected chi connectivity index (χ1v) is 5.99. The molecule has 1 aliphatic heterocycles. The molecule has 6 heteroatoms. The van der Waals surface area contributed by atoms with Gasteiger partial charge in [-0.1, -0.05) is 0 Å². The van der Waals surface area contributed by atoms with Crippen molar-refractivity contribution in [1.29, 1.82) is 0 Å². The molecule has 94 valence electrons. The number of hydrogen-bond acceptors (Lipinski definition) is 4. The van der Waals surface area contributed by atoms with Crippen LogP contribution in [0.3, 0.4) is 0 Å². The maximum absolute atomic E-state index is 11.3. The quantitative estimate of drug-likeness (QED) is 0.637. The third kappa shape index (κ3) is 1.97. The zero-order valence-electron chi connectivity index (χ0n) is 9.94. The summed E-state index contributed by atoms with van der Waals surface area (Å²) >= 11 is 0. The van der Waals surface area contributed by atoms with E-state index < -0.39 is 0 Å². The van der Waals surface area contributed by atoms with Crippen LogP contribution >= 0.6 is 0 Å². The number of nitrogens with zero attached hydrogens (tertiary/aromatic N) is 2. The zero-order chi connectivity index (χ0) is 12.5. The number of nitrogens with two attached hydrogens (primary N) is 1. The molecule has 3 rings (SSSR count). The molecule has 0 aliphatic carbocycles. The first-order valence-electron chi connectivity index (χ1n) is 5.99. The second kappa shape index (κ2) is 4.21. The average Bonchev–Trinajstić information content (AvgIpc) is 2.63. The fourth-order valence-corrected chi connectivity index (χ4v) is 2.14. The van der Waals surface area contributed by atoms with E-state index in [-0.39, 0.29) is 5.91 Å². The Labute approximate surface area is 104 Å². The molecule has 1 saturated heterocycles. The van der Waals surface area contributed by atoms with Gasteiger partial charge in [0.1, 0.15) is 0 Å². The number of H-pyrrole nitrogens is 1. The number of rotatable bonds is 1. The monoisotopic (exact) mass is 245 g/mol. The summed E-state index contributed by atoms with van der Waals surface area (Å²) in [6.45, 7) is 2.10. The van der Waals surface area contributed by atoms with Crippen molar-refractivity contribution in [2.24, 2.45) is 0 Å². The maximum atomic E-state index is 11.3. The number of anilines is 2. The number of benzene rings is 1. The third-order valence-electron chi connectivity index (χ3n) is 3.11. The summed E-state index contributed by atoms with van der Waals surface area (Å²) in [5.41, 5.74) is 8.27. The SMILES string of the molecule is Nc1ccc2nc(N3CCNC(=O)CC3)[nH]c2c1. The zero-order valence-corrected chi connectivity index (χ0v) is 9.94. The van der Waals surface area contributed by atoms with Crippen LogP contribution in [0.1, 0.15) is 6.42 Å². The minimum absolute atomic E-state index is 0.0952. The van der Waals surface area contributed by atoms with E-state index in [4.69, 9.17) is 5.73 Å². The molecule has 0 atom stereocenters. The topological polar surface area (TPSA) is 87.0 Å². The van der Waals surface area contributed by atoms with Gasteiger partial charge in [0.2, 0.25) is 11.9 Å². The normalized spacial score (nSPS) is 16.7. The van der Waals surface area contributed by atoms with Gasteiger partial charge in [0.15, 0.2) is 0 Å². The van der Waals surface area contributed by atoms with E-state index in [1.54, 1.807) is 0 Å². The molecule has 0 bridgehead atoms. The van der Waals surface area contributed by atoms with E-state index in [9.17, 15) is 4.79 Å². The van der Waals surface area contributed by atoms with Crippen molar-refractivity contribution in [3.8, 4) is 0 Å². The minimum Gasteiger partial charge on any atom is -0.399 e. The number of carbonyl (C=O) groups is 1. The largest absolute Gasteiger partial charge is 0.399 e. The molecule has 1 amide bonds. The predicted octanol–water partition coefficient (Wildman–Crippen LogP) is 0.471. The van der Waals surface area contributed by atoms with Crippen molar-refractivity contribution in [2.75, 3.05) is 30.3 Å². The molecule has 0 saturated carbocycles. The molecule has 1 fully saturated rings. The van der Waals surface area contributed by atoms with Gasteiger partial charge in [-0.2, -0.15) is 0 Å². The van der Waals surface area contributed by atoms with E-state index in [1.807, 2.05) is 18.2 Å². The molecule has 1 aliphatic rings. The number of hydrogen-bond donors (Lipinski definition) is 3. The Bertz CT molecular complexity index is 591. The molecule has 6 nitrogen and oxygen atoms in total. The van der Waals surface area contributed by atoms with Gasteiger partial charge in [0.25, 0.3) is 0 Å². The van der Waals surface area contributed by atoms with Gasteiger partial charge in [-0.25, -0.2) is 4.98 Å². The number of aromatic amines is 1. The summed E-state index contributed by atoms with van der Waals surface area (Å²) in [4.78, 5) is 21.1. The standard InChI is InChI=1S/C12H15N5O/c13-8-1-2-9-10(7-8)16-12(15-9)17-5-3-11(18)14-4-6-17/h1-2,7H,3-6,13H2,(H,14,18)(H,15,16). The highest BCUT2D eigenvalue weighted by Gasteiger charge is 2.16. The first kappa shape index (κ1) is 10.9. The third-order valence-corrected chi connectivity index (χ3v) is 3.11. The molecule has 4 N–H and O–H groups in total. The van der Waals surface area contributed by atoms with Gasteiger partial charge in [0.05, 0.1) is 11.0 Å². The minimum atomic E-state index is 0.0952. The Morgan fingerprint density at radius 1 is 1.33 bits per heavy atom. The van der Waals surface area contributed by atoms with Crippen LogP contribution in [0, 0.1) is 0 Å². The highest BCUT2D eigenvalue weighted by molar-refractivity contribution is 5.81. The summed E-state index contributed by atoms with van der Waals surface area (Å²) in [6, 6.07) is 5.60. The molecule has 18 heavy (non-hydrogen) atoms. The van der Waals surface area contributed by atoms with Gasteiger partial charge in [-0.05, 0) is 18.2 Å². The lowest BCUT2D eigenvalue weighted by molar-refractivity contribution is -0.120. The van der Waals surface area contributed by atoms with Gasteiger partial charge in [0, 0.05) is 31.7 Å². The van der Waals surface area contributed by atoms with Crippen molar-refractivity contribution >= 4 is 28.6 Å². The van der Waals surface area contributed by atoms with Crippen LogP contribution < -0.4 is 16.0 Å². The van der Waals surface area contributed by atoms with Crippen LogP contribution in [0.2, 0.25) is 0 Å². The lowest BCUT2D eigenvalue weighted by atomic mass is 10.3. The molecule has 0 unspecified atom stereocenters. The summed E-state index contributed by atoms with van der Waals surface area (Å²) in [6.07, 6.45) is 0.499. The maximum Gasteiger partial charge on any atom is 0.221 e. The van der Waals surface area contributed by atoms with Crippen molar-refractivity contribution in [3.63, 3.8) is 0 Å². The fourth-order valence-electron chi connectivity index (χ4n) is 2.14. The number of imidazole rings is 1. The average molecular weight is 245 g/mol. The van der Waals surface area contributed by atoms with Crippen LogP contribution in [-0.2, 0) is 4.79 Å². The number of nitrogen functional groups attached to an aromatic ring is 1. The predicted molar refractivity (Wildman–Crippen MR) is 70.3 cm³/mol. The Hall–Kier alpha value is -2.24. The lowest BCUT2D eigenvalue weighted by Crippen LogP contribution is -2.29. The number of carbonyl (C=O) groups excluding carboxylic acids is 1. The van der Waals surface area contributed by atoms with Crippen molar-refractivity contribution < 1.29 is 4.79 Å². The van der Waals surface area contributed by atoms with Crippen LogP contribution in [0.15, 0.2) is 18.2 Å². The number of fused-ring (bicyclic) bond motifs is 1. The number of nitrogens with one attached hydrogen (secondary N) is 2. The van der Waals surface area contributed by atoms with E-state index in [0.717, 1.165) is 23.5 Å². The molecule has 2 aromatic rings. The van der Waals surface area contributed by atoms with Crippen LogP contribution in [0.25, 0.3) is 11.0 Å². The highest BCUT2D eigenvalue weighted by atomic mass is 16.1. The van der Waals surface area contributed by atoms with Gasteiger partial charge in [-0.3, -0.25) is 4.79 Å². The van der Waals surface area contributed by atoms with Gasteiger partial charge in [-0.15, -0.1) is 0 Å². The van der Waals surface area contributed by atoms with Crippen molar-refractivity contribution in [1.82, 2.24) is 15.3 Å². The number of aromatic nitrogens is 2. The highest BCUT2D eigenvalue weighted by Crippen LogP contribution is 2.20. The van der Waals surface area contributed by atoms with Crippen LogP contribution in [-0.4, -0.2) is 35.5 Å². The molecule has 0 radical (unpaired) electrons. The smallest absolute Gasteiger partial charge is 0.221 e. The molecule has 1 aromatic heterocycles. The molecule has 2 heterocycles. The van der Waals surface area contributed by atoms with Gasteiger partial charge >= 0.3 is 0 Å². The van der Waals surface area contributed by atoms with Crippen LogP contribution in [0.5, 0.6) is 0 Å². The van der Waals surface area contributed by atoms with E-state index >= 15 is 0 Å². The molecular weight excluding hydrogens is 230 g/mol. The van der Waals surface area contributed by atoms with E-state index in [1.165, 1.54) is 0 Å². The molecular formula is C12H15N5O. The van der Waals surface area contributed by atoms with Crippen molar-refractivity contribution in [3.05, 3.63) is 18.2 Å².